The smallest absolute Gasteiger partial charge is 0.256 e. The molecule has 0 saturated heterocycles. The molecule has 0 saturated carbocycles. The van der Waals surface area contributed by atoms with Gasteiger partial charge in [0, 0.05) is 27.1 Å². The molecule has 0 bridgehead atoms. The number of aromatic amines is 1. The number of carbonyl (C=O) groups excluding carboxylic acids is 1. The van der Waals surface area contributed by atoms with Crippen molar-refractivity contribution in [2.24, 2.45) is 0 Å². The van der Waals surface area contributed by atoms with Gasteiger partial charge in [0.05, 0.1) is 22.5 Å². The van der Waals surface area contributed by atoms with E-state index in [1.807, 2.05) is 66.7 Å². The Morgan fingerprint density at radius 3 is 2.53 bits per heavy atom. The second-order valence-corrected chi connectivity index (χ2v) is 9.85. The average molecular weight is 491 g/mol. The van der Waals surface area contributed by atoms with Crippen LogP contribution in [-0.2, 0) is 0 Å². The Hall–Kier alpha value is -4.16. The summed E-state index contributed by atoms with van der Waals surface area (Å²) in [5.41, 5.74) is 5.34. The van der Waals surface area contributed by atoms with E-state index < -0.39 is 0 Å². The van der Waals surface area contributed by atoms with E-state index in [0.29, 0.717) is 11.5 Å². The molecule has 6 heteroatoms. The van der Waals surface area contributed by atoms with Crippen LogP contribution >= 0.6 is 11.8 Å². The molecule has 5 nitrogen and oxygen atoms in total. The van der Waals surface area contributed by atoms with Gasteiger partial charge in [0.2, 0.25) is 0 Å². The van der Waals surface area contributed by atoms with Crippen LogP contribution in [0.2, 0.25) is 0 Å². The molecule has 0 atom stereocenters. The minimum Gasteiger partial charge on any atom is -0.322 e. The van der Waals surface area contributed by atoms with E-state index in [4.69, 9.17) is 0 Å². The van der Waals surface area contributed by atoms with Crippen molar-refractivity contribution in [3.63, 3.8) is 0 Å². The van der Waals surface area contributed by atoms with E-state index in [1.54, 1.807) is 18.0 Å². The SMILES string of the molecule is CC(C)c1ccc(NC(=O)c2ccccc2Sc2ccc3c(/C=C/c4ccccn4)n[nH]c3c2)cc1. The maximum Gasteiger partial charge on any atom is 0.256 e. The van der Waals surface area contributed by atoms with Crippen LogP contribution < -0.4 is 5.32 Å². The summed E-state index contributed by atoms with van der Waals surface area (Å²) >= 11 is 1.56. The number of nitrogens with one attached hydrogen (secondary N) is 2. The summed E-state index contributed by atoms with van der Waals surface area (Å²) in [4.78, 5) is 19.3. The van der Waals surface area contributed by atoms with Crippen molar-refractivity contribution in [2.45, 2.75) is 29.6 Å². The van der Waals surface area contributed by atoms with Gasteiger partial charge >= 0.3 is 0 Å². The minimum absolute atomic E-state index is 0.125. The third kappa shape index (κ3) is 5.39. The lowest BCUT2D eigenvalue weighted by Crippen LogP contribution is -2.13. The van der Waals surface area contributed by atoms with Crippen LogP contribution in [0.4, 0.5) is 5.69 Å². The highest BCUT2D eigenvalue weighted by Crippen LogP contribution is 2.33. The monoisotopic (exact) mass is 490 g/mol. The molecule has 0 spiro atoms. The topological polar surface area (TPSA) is 70.7 Å². The molecule has 0 fully saturated rings. The highest BCUT2D eigenvalue weighted by atomic mass is 32.2. The molecular weight excluding hydrogens is 464 g/mol. The van der Waals surface area contributed by atoms with Crippen LogP contribution in [0.5, 0.6) is 0 Å². The third-order valence-electron chi connectivity index (χ3n) is 5.86. The standard InChI is InChI=1S/C30H26N4OS/c1-20(2)21-10-12-23(13-11-21)32-30(35)26-8-3-4-9-29(26)36-24-15-16-25-27(33-34-28(25)19-24)17-14-22-7-5-6-18-31-22/h3-20H,1-2H3,(H,32,35)(H,33,34)/b17-14+. The summed E-state index contributed by atoms with van der Waals surface area (Å²) in [6, 6.07) is 27.7. The van der Waals surface area contributed by atoms with Gasteiger partial charge in [-0.15, -0.1) is 0 Å². The van der Waals surface area contributed by atoms with Crippen molar-refractivity contribution >= 4 is 46.4 Å². The molecule has 2 aromatic heterocycles. The predicted octanol–water partition coefficient (Wildman–Crippen LogP) is 7.66. The molecule has 5 rings (SSSR count). The summed E-state index contributed by atoms with van der Waals surface area (Å²) in [5, 5.41) is 11.6. The quantitative estimate of drug-likeness (QED) is 0.246. The van der Waals surface area contributed by atoms with Crippen LogP contribution in [0.3, 0.4) is 0 Å². The van der Waals surface area contributed by atoms with Crippen molar-refractivity contribution < 1.29 is 4.79 Å². The van der Waals surface area contributed by atoms with Crippen molar-refractivity contribution in [2.75, 3.05) is 5.32 Å². The number of hydrogen-bond acceptors (Lipinski definition) is 4. The summed E-state index contributed by atoms with van der Waals surface area (Å²) in [6.07, 6.45) is 5.68. The summed E-state index contributed by atoms with van der Waals surface area (Å²) in [6.45, 7) is 4.31. The van der Waals surface area contributed by atoms with Gasteiger partial charge in [-0.1, -0.05) is 55.9 Å². The molecule has 36 heavy (non-hydrogen) atoms. The number of anilines is 1. The molecule has 0 aliphatic heterocycles. The fourth-order valence-electron chi connectivity index (χ4n) is 3.87. The Morgan fingerprint density at radius 1 is 0.944 bits per heavy atom. The van der Waals surface area contributed by atoms with Gasteiger partial charge in [0.25, 0.3) is 5.91 Å². The normalized spacial score (nSPS) is 11.4. The molecule has 0 radical (unpaired) electrons. The minimum atomic E-state index is -0.125. The first kappa shape index (κ1) is 23.6. The molecule has 0 unspecified atom stereocenters. The number of aromatic nitrogens is 3. The Bertz CT molecular complexity index is 1520. The van der Waals surface area contributed by atoms with E-state index in [9.17, 15) is 4.79 Å². The molecule has 0 aliphatic carbocycles. The van der Waals surface area contributed by atoms with Gasteiger partial charge in [0.1, 0.15) is 0 Å². The van der Waals surface area contributed by atoms with Crippen LogP contribution in [-0.4, -0.2) is 21.1 Å². The second kappa shape index (κ2) is 10.6. The lowest BCUT2D eigenvalue weighted by atomic mass is 10.0. The number of fused-ring (bicyclic) bond motifs is 1. The molecular formula is C30H26N4OS. The van der Waals surface area contributed by atoms with Gasteiger partial charge in [-0.25, -0.2) is 0 Å². The molecule has 1 amide bonds. The molecule has 2 heterocycles. The number of benzene rings is 3. The third-order valence-corrected chi connectivity index (χ3v) is 6.92. The van der Waals surface area contributed by atoms with Crippen molar-refractivity contribution in [3.8, 4) is 0 Å². The van der Waals surface area contributed by atoms with Crippen LogP contribution in [0.15, 0.2) is 101 Å². The second-order valence-electron chi connectivity index (χ2n) is 8.73. The highest BCUT2D eigenvalue weighted by Gasteiger charge is 2.13. The maximum absolute atomic E-state index is 13.1. The summed E-state index contributed by atoms with van der Waals surface area (Å²) < 4.78 is 0. The zero-order chi connectivity index (χ0) is 24.9. The zero-order valence-corrected chi connectivity index (χ0v) is 20.9. The molecule has 3 aromatic carbocycles. The van der Waals surface area contributed by atoms with E-state index in [-0.39, 0.29) is 5.91 Å². The predicted molar refractivity (Wildman–Crippen MR) is 148 cm³/mol. The maximum atomic E-state index is 13.1. The van der Waals surface area contributed by atoms with E-state index in [2.05, 4.69) is 64.7 Å². The van der Waals surface area contributed by atoms with Gasteiger partial charge in [-0.3, -0.25) is 14.9 Å². The number of pyridine rings is 1. The Morgan fingerprint density at radius 2 is 1.75 bits per heavy atom. The number of hydrogen-bond donors (Lipinski definition) is 2. The van der Waals surface area contributed by atoms with Gasteiger partial charge in [-0.05, 0) is 78.2 Å². The number of H-pyrrole nitrogens is 1. The molecule has 178 valence electrons. The largest absolute Gasteiger partial charge is 0.322 e. The zero-order valence-electron chi connectivity index (χ0n) is 20.1. The fourth-order valence-corrected chi connectivity index (χ4v) is 4.85. The Kier molecular flexibility index (Phi) is 6.96. The lowest BCUT2D eigenvalue weighted by molar-refractivity contribution is 0.102. The first-order valence-electron chi connectivity index (χ1n) is 11.8. The van der Waals surface area contributed by atoms with Crippen molar-refractivity contribution in [1.82, 2.24) is 15.2 Å². The summed E-state index contributed by atoms with van der Waals surface area (Å²) in [5.74, 6) is 0.326. The number of nitrogens with zero attached hydrogens (tertiary/aromatic N) is 2. The van der Waals surface area contributed by atoms with Crippen molar-refractivity contribution in [1.29, 1.82) is 0 Å². The average Bonchev–Trinajstić information content (AvgIpc) is 3.31. The van der Waals surface area contributed by atoms with Crippen LogP contribution in [0.25, 0.3) is 23.1 Å². The lowest BCUT2D eigenvalue weighted by Gasteiger charge is -2.11. The number of rotatable bonds is 7. The van der Waals surface area contributed by atoms with Crippen LogP contribution in [0, 0.1) is 0 Å². The van der Waals surface area contributed by atoms with Crippen molar-refractivity contribution in [3.05, 3.63) is 114 Å². The van der Waals surface area contributed by atoms with Crippen LogP contribution in [0.1, 0.15) is 47.1 Å². The first-order valence-corrected chi connectivity index (χ1v) is 12.6. The van der Waals surface area contributed by atoms with Gasteiger partial charge in [-0.2, -0.15) is 5.10 Å². The van der Waals surface area contributed by atoms with Gasteiger partial charge < -0.3 is 5.32 Å². The molecule has 5 aromatic rings. The van der Waals surface area contributed by atoms with E-state index >= 15 is 0 Å². The summed E-state index contributed by atoms with van der Waals surface area (Å²) in [7, 11) is 0. The van der Waals surface area contributed by atoms with E-state index in [0.717, 1.165) is 37.8 Å². The Balaban J connectivity index is 1.33. The molecule has 0 aliphatic rings. The van der Waals surface area contributed by atoms with E-state index in [1.165, 1.54) is 5.56 Å². The molecule has 2 N–H and O–H groups in total. The fraction of sp³-hybridized carbons (Fsp3) is 0.100. The highest BCUT2D eigenvalue weighted by molar-refractivity contribution is 7.99. The number of carbonyl (C=O) groups is 1. The first-order chi connectivity index (χ1) is 17.6. The number of amides is 1. The Labute approximate surface area is 214 Å². The van der Waals surface area contributed by atoms with Gasteiger partial charge in [0.15, 0.2) is 0 Å².